The van der Waals surface area contributed by atoms with E-state index in [1.54, 1.807) is 54.3 Å². The maximum atomic E-state index is 13.3. The van der Waals surface area contributed by atoms with Gasteiger partial charge in [0.2, 0.25) is 15.7 Å². The van der Waals surface area contributed by atoms with E-state index in [-0.39, 0.29) is 22.2 Å². The van der Waals surface area contributed by atoms with Gasteiger partial charge in [0.1, 0.15) is 12.3 Å². The maximum absolute atomic E-state index is 13.3. The van der Waals surface area contributed by atoms with Crippen LogP contribution in [0.5, 0.6) is 5.75 Å². The van der Waals surface area contributed by atoms with Gasteiger partial charge in [0.25, 0.3) is 0 Å². The molecule has 4 rings (SSSR count). The molecule has 3 aromatic carbocycles. The molecule has 0 radical (unpaired) electrons. The van der Waals surface area contributed by atoms with Gasteiger partial charge in [0.05, 0.1) is 16.9 Å². The molecule has 1 N–H and O–H groups in total. The second kappa shape index (κ2) is 9.50. The molecule has 0 saturated heterocycles. The molecule has 1 aromatic heterocycles. The second-order valence-corrected chi connectivity index (χ2v) is 9.82. The molecule has 170 valence electrons. The average molecular weight is 463 g/mol. The second-order valence-electron chi connectivity index (χ2n) is 7.91. The molecule has 6 nitrogen and oxygen atoms in total. The first-order valence-electron chi connectivity index (χ1n) is 10.7. The fourth-order valence-electron chi connectivity index (χ4n) is 3.79. The number of hydrogen-bond donors (Lipinski definition) is 1. The number of rotatable bonds is 8. The van der Waals surface area contributed by atoms with E-state index in [0.29, 0.717) is 23.9 Å². The highest BCUT2D eigenvalue weighted by atomic mass is 32.2. The Morgan fingerprint density at radius 2 is 1.76 bits per heavy atom. The van der Waals surface area contributed by atoms with Gasteiger partial charge in [-0.2, -0.15) is 0 Å². The molecule has 0 spiro atoms. The summed E-state index contributed by atoms with van der Waals surface area (Å²) >= 11 is 0. The normalized spacial score (nSPS) is 11.5. The van der Waals surface area contributed by atoms with Crippen molar-refractivity contribution in [2.24, 2.45) is 0 Å². The molecule has 0 bridgehead atoms. The smallest absolute Gasteiger partial charge is 0.239 e. The largest absolute Gasteiger partial charge is 0.497 e. The molecular formula is C26H26N2O4S. The van der Waals surface area contributed by atoms with Crippen molar-refractivity contribution in [3.8, 4) is 5.75 Å². The predicted molar refractivity (Wildman–Crippen MR) is 128 cm³/mol. The van der Waals surface area contributed by atoms with Crippen LogP contribution >= 0.6 is 0 Å². The lowest BCUT2D eigenvalue weighted by molar-refractivity contribution is -0.121. The summed E-state index contributed by atoms with van der Waals surface area (Å²) in [5.41, 5.74) is 2.75. The number of sulfone groups is 1. The maximum Gasteiger partial charge on any atom is 0.239 e. The van der Waals surface area contributed by atoms with Crippen LogP contribution in [0.3, 0.4) is 0 Å². The van der Waals surface area contributed by atoms with Gasteiger partial charge in [-0.1, -0.05) is 48.0 Å². The first-order valence-corrected chi connectivity index (χ1v) is 12.2. The highest BCUT2D eigenvalue weighted by Crippen LogP contribution is 2.30. The molecule has 1 amide bonds. The van der Waals surface area contributed by atoms with Gasteiger partial charge in [-0.05, 0) is 49.2 Å². The van der Waals surface area contributed by atoms with Crippen LogP contribution in [-0.4, -0.2) is 32.5 Å². The Morgan fingerprint density at radius 1 is 1.00 bits per heavy atom. The molecule has 4 aromatic rings. The van der Waals surface area contributed by atoms with Crippen LogP contribution in [-0.2, 0) is 27.6 Å². The summed E-state index contributed by atoms with van der Waals surface area (Å²) in [5.74, 6) is 0.595. The number of fused-ring (bicyclic) bond motifs is 1. The lowest BCUT2D eigenvalue weighted by atomic mass is 10.1. The van der Waals surface area contributed by atoms with Crippen LogP contribution in [0.1, 0.15) is 11.1 Å². The minimum atomic E-state index is -3.72. The summed E-state index contributed by atoms with van der Waals surface area (Å²) in [5, 5.41) is 3.52. The van der Waals surface area contributed by atoms with Crippen molar-refractivity contribution >= 4 is 26.6 Å². The number of aryl methyl sites for hydroxylation is 1. The first kappa shape index (κ1) is 22.6. The van der Waals surface area contributed by atoms with E-state index in [9.17, 15) is 13.2 Å². The average Bonchev–Trinajstić information content (AvgIpc) is 3.19. The zero-order chi connectivity index (χ0) is 23.4. The van der Waals surface area contributed by atoms with Gasteiger partial charge in [-0.25, -0.2) is 8.42 Å². The molecule has 0 atom stereocenters. The van der Waals surface area contributed by atoms with E-state index in [4.69, 9.17) is 4.74 Å². The molecule has 0 unspecified atom stereocenters. The monoisotopic (exact) mass is 462 g/mol. The van der Waals surface area contributed by atoms with E-state index < -0.39 is 9.84 Å². The Balaban J connectivity index is 1.52. The third-order valence-electron chi connectivity index (χ3n) is 5.56. The number of hydrogen-bond acceptors (Lipinski definition) is 4. The van der Waals surface area contributed by atoms with Gasteiger partial charge in [-0.15, -0.1) is 0 Å². The van der Waals surface area contributed by atoms with Crippen LogP contribution in [0, 0.1) is 6.92 Å². The third kappa shape index (κ3) is 4.93. The third-order valence-corrected chi connectivity index (χ3v) is 7.35. The van der Waals surface area contributed by atoms with E-state index >= 15 is 0 Å². The number of carbonyl (C=O) groups excluding carboxylic acids is 1. The van der Waals surface area contributed by atoms with Crippen molar-refractivity contribution in [3.63, 3.8) is 0 Å². The van der Waals surface area contributed by atoms with Crippen molar-refractivity contribution in [1.29, 1.82) is 0 Å². The Labute approximate surface area is 193 Å². The molecule has 33 heavy (non-hydrogen) atoms. The van der Waals surface area contributed by atoms with Crippen LogP contribution in [0.2, 0.25) is 0 Å². The molecule has 0 fully saturated rings. The van der Waals surface area contributed by atoms with E-state index in [2.05, 4.69) is 5.32 Å². The number of aromatic nitrogens is 1. The molecule has 0 aliphatic carbocycles. The van der Waals surface area contributed by atoms with Gasteiger partial charge in [0, 0.05) is 23.6 Å². The zero-order valence-electron chi connectivity index (χ0n) is 18.6. The van der Waals surface area contributed by atoms with Crippen molar-refractivity contribution in [2.45, 2.75) is 29.7 Å². The minimum Gasteiger partial charge on any atom is -0.497 e. The number of methoxy groups -OCH3 is 1. The van der Waals surface area contributed by atoms with E-state index in [1.807, 2.05) is 43.3 Å². The quantitative estimate of drug-likeness (QED) is 0.427. The van der Waals surface area contributed by atoms with Crippen molar-refractivity contribution < 1.29 is 17.9 Å². The lowest BCUT2D eigenvalue weighted by Crippen LogP contribution is -2.29. The van der Waals surface area contributed by atoms with Crippen molar-refractivity contribution in [2.75, 3.05) is 13.7 Å². The molecule has 0 saturated carbocycles. The first-order chi connectivity index (χ1) is 15.9. The Kier molecular flexibility index (Phi) is 6.51. The van der Waals surface area contributed by atoms with Crippen LogP contribution in [0.4, 0.5) is 0 Å². The topological polar surface area (TPSA) is 77.4 Å². The molecule has 1 heterocycles. The van der Waals surface area contributed by atoms with E-state index in [0.717, 1.165) is 16.9 Å². The van der Waals surface area contributed by atoms with Crippen molar-refractivity contribution in [1.82, 2.24) is 9.88 Å². The van der Waals surface area contributed by atoms with Crippen LogP contribution in [0.25, 0.3) is 10.9 Å². The number of ether oxygens (including phenoxy) is 1. The molecule has 7 heteroatoms. The summed E-state index contributed by atoms with van der Waals surface area (Å²) in [6.45, 7) is 2.41. The van der Waals surface area contributed by atoms with Gasteiger partial charge in [-0.3, -0.25) is 4.79 Å². The minimum absolute atomic E-state index is 0.0298. The summed E-state index contributed by atoms with van der Waals surface area (Å²) in [6, 6.07) is 21.7. The number of nitrogens with one attached hydrogen (secondary N) is 1. The zero-order valence-corrected chi connectivity index (χ0v) is 19.4. The molecular weight excluding hydrogens is 436 g/mol. The van der Waals surface area contributed by atoms with Crippen LogP contribution in [0.15, 0.2) is 88.8 Å². The highest BCUT2D eigenvalue weighted by Gasteiger charge is 2.23. The summed E-state index contributed by atoms with van der Waals surface area (Å²) in [7, 11) is -2.10. The summed E-state index contributed by atoms with van der Waals surface area (Å²) in [4.78, 5) is 13.1. The molecule has 0 aliphatic heterocycles. The van der Waals surface area contributed by atoms with Gasteiger partial charge >= 0.3 is 0 Å². The Bertz CT molecular complexity index is 1390. The summed E-state index contributed by atoms with van der Waals surface area (Å²) < 4.78 is 33.6. The Morgan fingerprint density at radius 3 is 2.52 bits per heavy atom. The number of carbonyl (C=O) groups is 1. The Hall–Kier alpha value is -3.58. The van der Waals surface area contributed by atoms with Crippen LogP contribution < -0.4 is 10.1 Å². The molecule has 0 aliphatic rings. The van der Waals surface area contributed by atoms with Gasteiger partial charge < -0.3 is 14.6 Å². The standard InChI is InChI=1S/C26H26N2O4S/c1-19-10-12-22(13-11-19)33(30,31)25-17-28(24-9-4-3-8-23(24)25)18-26(29)27-15-14-20-6-5-7-21(16-20)32-2/h3-13,16-17H,14-15,18H2,1-2H3,(H,27,29). The van der Waals surface area contributed by atoms with E-state index in [1.165, 1.54) is 0 Å². The SMILES string of the molecule is COc1cccc(CCNC(=O)Cn2cc(S(=O)(=O)c3ccc(C)cc3)c3ccccc32)c1. The van der Waals surface area contributed by atoms with Gasteiger partial charge in [0.15, 0.2) is 0 Å². The predicted octanol–water partition coefficient (Wildman–Crippen LogP) is 4.15. The number of nitrogens with zero attached hydrogens (tertiary/aromatic N) is 1. The fourth-order valence-corrected chi connectivity index (χ4v) is 5.26. The number of benzene rings is 3. The summed E-state index contributed by atoms with van der Waals surface area (Å²) in [6.07, 6.45) is 2.23. The number of amides is 1. The van der Waals surface area contributed by atoms with Crippen molar-refractivity contribution in [3.05, 3.63) is 90.1 Å². The highest BCUT2D eigenvalue weighted by molar-refractivity contribution is 7.91. The lowest BCUT2D eigenvalue weighted by Gasteiger charge is -2.08. The fraction of sp³-hybridized carbons (Fsp3) is 0.192. The number of para-hydroxylation sites is 1.